The second-order valence-electron chi connectivity index (χ2n) is 8.42. The first-order valence-electron chi connectivity index (χ1n) is 10.8. The molecule has 0 heterocycles. The first-order chi connectivity index (χ1) is 15.9. The van der Waals surface area contributed by atoms with Gasteiger partial charge in [0.05, 0.1) is 6.54 Å². The van der Waals surface area contributed by atoms with Crippen molar-refractivity contribution in [3.63, 3.8) is 0 Å². The van der Waals surface area contributed by atoms with Crippen molar-refractivity contribution in [2.24, 2.45) is 0 Å². The van der Waals surface area contributed by atoms with Crippen LogP contribution in [0.25, 0.3) is 11.1 Å². The van der Waals surface area contributed by atoms with Crippen LogP contribution in [0.2, 0.25) is 0 Å². The summed E-state index contributed by atoms with van der Waals surface area (Å²) in [5, 5.41) is 2.67. The zero-order valence-corrected chi connectivity index (χ0v) is 19.2. The molecule has 6 heteroatoms. The number of rotatable bonds is 9. The van der Waals surface area contributed by atoms with Gasteiger partial charge in [-0.15, -0.1) is 0 Å². The SMILES string of the molecule is CC(C)(C)OC(=O)NCCOc1ccc(C=O)cc1-c1ccccc1OCc1ccccc1. The number of aldehydes is 1. The monoisotopic (exact) mass is 447 g/mol. The van der Waals surface area contributed by atoms with Crippen molar-refractivity contribution < 1.29 is 23.8 Å². The van der Waals surface area contributed by atoms with Gasteiger partial charge >= 0.3 is 6.09 Å². The summed E-state index contributed by atoms with van der Waals surface area (Å²) in [6.45, 7) is 6.35. The number of ether oxygens (including phenoxy) is 3. The van der Waals surface area contributed by atoms with E-state index in [9.17, 15) is 9.59 Å². The highest BCUT2D eigenvalue weighted by Crippen LogP contribution is 2.37. The largest absolute Gasteiger partial charge is 0.491 e. The van der Waals surface area contributed by atoms with Gasteiger partial charge < -0.3 is 19.5 Å². The molecule has 6 nitrogen and oxygen atoms in total. The van der Waals surface area contributed by atoms with E-state index in [0.29, 0.717) is 23.7 Å². The maximum Gasteiger partial charge on any atom is 0.407 e. The molecular weight excluding hydrogens is 418 g/mol. The zero-order chi connectivity index (χ0) is 23.7. The van der Waals surface area contributed by atoms with Crippen LogP contribution in [-0.2, 0) is 11.3 Å². The van der Waals surface area contributed by atoms with Gasteiger partial charge in [-0.25, -0.2) is 4.79 Å². The minimum absolute atomic E-state index is 0.236. The Kier molecular flexibility index (Phi) is 8.08. The Labute approximate surface area is 194 Å². The average Bonchev–Trinajstić information content (AvgIpc) is 2.80. The van der Waals surface area contributed by atoms with Crippen molar-refractivity contribution in [3.8, 4) is 22.6 Å². The Morgan fingerprint density at radius 1 is 0.879 bits per heavy atom. The van der Waals surface area contributed by atoms with Gasteiger partial charge in [-0.2, -0.15) is 0 Å². The average molecular weight is 448 g/mol. The molecule has 3 aromatic carbocycles. The molecule has 0 unspecified atom stereocenters. The van der Waals surface area contributed by atoms with Gasteiger partial charge in [0.15, 0.2) is 0 Å². The summed E-state index contributed by atoms with van der Waals surface area (Å²) in [6.07, 6.45) is 0.299. The molecule has 0 aliphatic rings. The van der Waals surface area contributed by atoms with Gasteiger partial charge in [0.1, 0.15) is 36.6 Å². The Bertz CT molecular complexity index is 1070. The highest BCUT2D eigenvalue weighted by molar-refractivity contribution is 5.83. The highest BCUT2D eigenvalue weighted by atomic mass is 16.6. The predicted molar refractivity (Wildman–Crippen MR) is 128 cm³/mol. The lowest BCUT2D eigenvalue weighted by molar-refractivity contribution is 0.0520. The lowest BCUT2D eigenvalue weighted by Crippen LogP contribution is -2.34. The number of benzene rings is 3. The van der Waals surface area contributed by atoms with E-state index < -0.39 is 11.7 Å². The molecule has 0 aliphatic heterocycles. The molecule has 172 valence electrons. The number of hydrogen-bond donors (Lipinski definition) is 1. The number of hydrogen-bond acceptors (Lipinski definition) is 5. The van der Waals surface area contributed by atoms with Crippen LogP contribution >= 0.6 is 0 Å². The van der Waals surface area contributed by atoms with Crippen LogP contribution in [-0.4, -0.2) is 31.1 Å². The Balaban J connectivity index is 1.74. The maximum atomic E-state index is 11.8. The lowest BCUT2D eigenvalue weighted by atomic mass is 10.0. The molecule has 0 saturated carbocycles. The van der Waals surface area contributed by atoms with Crippen molar-refractivity contribution in [1.82, 2.24) is 5.32 Å². The van der Waals surface area contributed by atoms with Gasteiger partial charge in [-0.3, -0.25) is 4.79 Å². The fraction of sp³-hybridized carbons (Fsp3) is 0.259. The standard InChI is InChI=1S/C27H29NO5/c1-27(2,3)33-26(30)28-15-16-31-25-14-13-21(18-29)17-23(25)22-11-7-8-12-24(22)32-19-20-9-5-4-6-10-20/h4-14,17-18H,15-16,19H2,1-3H3,(H,28,30). The quantitative estimate of drug-likeness (QED) is 0.339. The molecule has 1 N–H and O–H groups in total. The van der Waals surface area contributed by atoms with Gasteiger partial charge in [0, 0.05) is 16.7 Å². The van der Waals surface area contributed by atoms with Crippen LogP contribution in [0, 0.1) is 0 Å². The number of carbonyl (C=O) groups excluding carboxylic acids is 2. The molecule has 33 heavy (non-hydrogen) atoms. The minimum atomic E-state index is -0.563. The van der Waals surface area contributed by atoms with E-state index in [1.807, 2.05) is 54.6 Å². The van der Waals surface area contributed by atoms with Crippen molar-refractivity contribution in [2.75, 3.05) is 13.2 Å². The van der Waals surface area contributed by atoms with Crippen LogP contribution in [0.5, 0.6) is 11.5 Å². The molecule has 0 bridgehead atoms. The van der Waals surface area contributed by atoms with Crippen molar-refractivity contribution in [2.45, 2.75) is 33.0 Å². The van der Waals surface area contributed by atoms with Crippen molar-refractivity contribution >= 4 is 12.4 Å². The third kappa shape index (κ3) is 7.38. The van der Waals surface area contributed by atoms with Crippen LogP contribution < -0.4 is 14.8 Å². The second-order valence-corrected chi connectivity index (χ2v) is 8.42. The fourth-order valence-electron chi connectivity index (χ4n) is 3.14. The Morgan fingerprint density at radius 2 is 1.58 bits per heavy atom. The summed E-state index contributed by atoms with van der Waals surface area (Å²) < 4.78 is 17.3. The number of alkyl carbamates (subject to hydrolysis) is 1. The minimum Gasteiger partial charge on any atom is -0.491 e. The molecule has 1 amide bonds. The zero-order valence-electron chi connectivity index (χ0n) is 19.2. The van der Waals surface area contributed by atoms with Gasteiger partial charge in [-0.05, 0) is 50.6 Å². The van der Waals surface area contributed by atoms with E-state index in [4.69, 9.17) is 14.2 Å². The molecular formula is C27H29NO5. The number of carbonyl (C=O) groups is 2. The van der Waals surface area contributed by atoms with E-state index in [0.717, 1.165) is 23.0 Å². The Morgan fingerprint density at radius 3 is 2.30 bits per heavy atom. The first-order valence-corrected chi connectivity index (χ1v) is 10.8. The summed E-state index contributed by atoms with van der Waals surface area (Å²) in [6, 6.07) is 22.7. The second kappa shape index (κ2) is 11.2. The number of nitrogens with one attached hydrogen (secondary N) is 1. The summed E-state index contributed by atoms with van der Waals surface area (Å²) in [5.74, 6) is 1.27. The van der Waals surface area contributed by atoms with E-state index in [2.05, 4.69) is 5.32 Å². The maximum absolute atomic E-state index is 11.8. The Hall–Kier alpha value is -3.80. The first kappa shape index (κ1) is 23.9. The van der Waals surface area contributed by atoms with Crippen LogP contribution in [0.1, 0.15) is 36.7 Å². The summed E-state index contributed by atoms with van der Waals surface area (Å²) in [7, 11) is 0. The van der Waals surface area contributed by atoms with Crippen molar-refractivity contribution in [1.29, 1.82) is 0 Å². The molecule has 0 radical (unpaired) electrons. The molecule has 0 aromatic heterocycles. The van der Waals surface area contributed by atoms with Gasteiger partial charge in [-0.1, -0.05) is 48.5 Å². The summed E-state index contributed by atoms with van der Waals surface area (Å²) in [5.41, 5.74) is 2.57. The third-order valence-electron chi connectivity index (χ3n) is 4.58. The summed E-state index contributed by atoms with van der Waals surface area (Å²) >= 11 is 0. The van der Waals surface area contributed by atoms with E-state index in [1.54, 1.807) is 39.0 Å². The normalized spacial score (nSPS) is 10.9. The molecule has 0 spiro atoms. The van der Waals surface area contributed by atoms with Crippen LogP contribution in [0.4, 0.5) is 4.79 Å². The van der Waals surface area contributed by atoms with Crippen LogP contribution in [0.15, 0.2) is 72.8 Å². The molecule has 0 fully saturated rings. The summed E-state index contributed by atoms with van der Waals surface area (Å²) in [4.78, 5) is 23.2. The van der Waals surface area contributed by atoms with Crippen molar-refractivity contribution in [3.05, 3.63) is 83.9 Å². The van der Waals surface area contributed by atoms with Crippen LogP contribution in [0.3, 0.4) is 0 Å². The van der Waals surface area contributed by atoms with E-state index in [-0.39, 0.29) is 13.2 Å². The highest BCUT2D eigenvalue weighted by Gasteiger charge is 2.16. The number of para-hydroxylation sites is 1. The fourth-order valence-corrected chi connectivity index (χ4v) is 3.14. The van der Waals surface area contributed by atoms with E-state index in [1.165, 1.54) is 0 Å². The molecule has 3 rings (SSSR count). The lowest BCUT2D eigenvalue weighted by Gasteiger charge is -2.20. The molecule has 0 saturated heterocycles. The predicted octanol–water partition coefficient (Wildman–Crippen LogP) is 5.65. The van der Waals surface area contributed by atoms with E-state index >= 15 is 0 Å². The third-order valence-corrected chi connectivity index (χ3v) is 4.58. The van der Waals surface area contributed by atoms with Gasteiger partial charge in [0.25, 0.3) is 0 Å². The molecule has 3 aromatic rings. The molecule has 0 aliphatic carbocycles. The number of amides is 1. The topological polar surface area (TPSA) is 73.9 Å². The molecule has 0 atom stereocenters. The van der Waals surface area contributed by atoms with Gasteiger partial charge in [0.2, 0.25) is 0 Å². The smallest absolute Gasteiger partial charge is 0.407 e.